The van der Waals surface area contributed by atoms with Crippen LogP contribution in [0.4, 0.5) is 5.95 Å². The zero-order chi connectivity index (χ0) is 13.2. The number of hydrogen-bond donors (Lipinski definition) is 1. The Kier molecular flexibility index (Phi) is 3.36. The Bertz CT molecular complexity index is 476. The first-order chi connectivity index (χ1) is 9.25. The molecule has 5 nitrogen and oxygen atoms in total. The minimum Gasteiger partial charge on any atom is -0.477 e. The van der Waals surface area contributed by atoms with Crippen molar-refractivity contribution in [1.82, 2.24) is 9.97 Å². The first-order valence-electron chi connectivity index (χ1n) is 7.08. The lowest BCUT2D eigenvalue weighted by Gasteiger charge is -2.44. The van der Waals surface area contributed by atoms with E-state index in [1.807, 2.05) is 0 Å². The molecule has 1 saturated heterocycles. The Morgan fingerprint density at radius 3 is 2.89 bits per heavy atom. The van der Waals surface area contributed by atoms with Crippen LogP contribution in [0, 0.1) is 5.92 Å². The van der Waals surface area contributed by atoms with Crippen molar-refractivity contribution in [3.05, 3.63) is 18.0 Å². The van der Waals surface area contributed by atoms with Crippen LogP contribution >= 0.6 is 0 Å². The first-order valence-corrected chi connectivity index (χ1v) is 7.08. The maximum absolute atomic E-state index is 11.0. The van der Waals surface area contributed by atoms with Crippen LogP contribution < -0.4 is 4.90 Å². The lowest BCUT2D eigenvalue weighted by atomic mass is 9.78. The number of hydrogen-bond acceptors (Lipinski definition) is 4. The summed E-state index contributed by atoms with van der Waals surface area (Å²) in [5, 5.41) is 9.03. The number of aromatic nitrogens is 2. The number of carbonyl (C=O) groups is 1. The van der Waals surface area contributed by atoms with Crippen LogP contribution in [0.15, 0.2) is 12.3 Å². The van der Waals surface area contributed by atoms with Crippen molar-refractivity contribution in [3.8, 4) is 0 Å². The largest absolute Gasteiger partial charge is 0.477 e. The average Bonchev–Trinajstić information content (AvgIpc) is 2.47. The van der Waals surface area contributed by atoms with Crippen LogP contribution in [-0.2, 0) is 0 Å². The molecule has 0 unspecified atom stereocenters. The Hall–Kier alpha value is -1.65. The molecule has 1 N–H and O–H groups in total. The molecule has 0 radical (unpaired) electrons. The van der Waals surface area contributed by atoms with Gasteiger partial charge in [-0.25, -0.2) is 14.8 Å². The van der Waals surface area contributed by atoms with Gasteiger partial charge >= 0.3 is 5.97 Å². The van der Waals surface area contributed by atoms with Crippen molar-refractivity contribution in [1.29, 1.82) is 0 Å². The summed E-state index contributed by atoms with van der Waals surface area (Å²) in [6, 6.07) is 1.96. The monoisotopic (exact) mass is 261 g/mol. The van der Waals surface area contributed by atoms with Crippen molar-refractivity contribution < 1.29 is 9.90 Å². The van der Waals surface area contributed by atoms with E-state index in [1.54, 1.807) is 6.20 Å². The molecule has 0 spiro atoms. The van der Waals surface area contributed by atoms with Gasteiger partial charge in [0.25, 0.3) is 0 Å². The maximum Gasteiger partial charge on any atom is 0.354 e. The predicted molar refractivity (Wildman–Crippen MR) is 71.3 cm³/mol. The van der Waals surface area contributed by atoms with Gasteiger partial charge in [0.05, 0.1) is 0 Å². The molecule has 5 heteroatoms. The zero-order valence-corrected chi connectivity index (χ0v) is 11.0. The molecule has 1 aromatic rings. The van der Waals surface area contributed by atoms with E-state index < -0.39 is 5.97 Å². The van der Waals surface area contributed by atoms with Crippen LogP contribution in [0.25, 0.3) is 0 Å². The summed E-state index contributed by atoms with van der Waals surface area (Å²) in [5.41, 5.74) is 0.0860. The third kappa shape index (κ3) is 2.41. The van der Waals surface area contributed by atoms with Crippen LogP contribution in [0.1, 0.15) is 49.0 Å². The summed E-state index contributed by atoms with van der Waals surface area (Å²) in [6.45, 7) is 0.949. The summed E-state index contributed by atoms with van der Waals surface area (Å²) in [4.78, 5) is 21.7. The molecule has 2 atom stereocenters. The van der Waals surface area contributed by atoms with E-state index in [9.17, 15) is 4.79 Å². The molecule has 102 valence electrons. The molecule has 2 aliphatic rings. The van der Waals surface area contributed by atoms with E-state index in [-0.39, 0.29) is 5.69 Å². The van der Waals surface area contributed by atoms with Gasteiger partial charge in [0.15, 0.2) is 5.69 Å². The highest BCUT2D eigenvalue weighted by Crippen LogP contribution is 2.36. The molecule has 1 aromatic heterocycles. The number of nitrogens with zero attached hydrogens (tertiary/aromatic N) is 3. The third-order valence-electron chi connectivity index (χ3n) is 4.36. The highest BCUT2D eigenvalue weighted by Gasteiger charge is 2.34. The number of piperidine rings is 1. The molecule has 0 bridgehead atoms. The summed E-state index contributed by atoms with van der Waals surface area (Å²) < 4.78 is 0. The van der Waals surface area contributed by atoms with Crippen LogP contribution in [0.2, 0.25) is 0 Å². The fraction of sp³-hybridized carbons (Fsp3) is 0.643. The fourth-order valence-electron chi connectivity index (χ4n) is 3.48. The van der Waals surface area contributed by atoms with Gasteiger partial charge < -0.3 is 10.0 Å². The van der Waals surface area contributed by atoms with Crippen LogP contribution in [0.3, 0.4) is 0 Å². The zero-order valence-electron chi connectivity index (χ0n) is 11.0. The van der Waals surface area contributed by atoms with Crippen molar-refractivity contribution >= 4 is 11.9 Å². The summed E-state index contributed by atoms with van der Waals surface area (Å²) in [5.74, 6) is 0.344. The smallest absolute Gasteiger partial charge is 0.354 e. The molecule has 1 aliphatic carbocycles. The van der Waals surface area contributed by atoms with E-state index >= 15 is 0 Å². The van der Waals surface area contributed by atoms with Gasteiger partial charge in [-0.05, 0) is 37.7 Å². The fourth-order valence-corrected chi connectivity index (χ4v) is 3.48. The second-order valence-corrected chi connectivity index (χ2v) is 5.49. The minimum atomic E-state index is -0.985. The Morgan fingerprint density at radius 2 is 2.05 bits per heavy atom. The summed E-state index contributed by atoms with van der Waals surface area (Å²) >= 11 is 0. The van der Waals surface area contributed by atoms with Crippen molar-refractivity contribution in [2.45, 2.75) is 44.6 Å². The van der Waals surface area contributed by atoms with Crippen molar-refractivity contribution in [3.63, 3.8) is 0 Å². The molecular weight excluding hydrogens is 242 g/mol. The number of carboxylic acids is 1. The highest BCUT2D eigenvalue weighted by atomic mass is 16.4. The molecule has 1 aliphatic heterocycles. The SMILES string of the molecule is O=C(O)c1ccnc(N2CCC[C@H]3CCCC[C@H]32)n1. The minimum absolute atomic E-state index is 0.0860. The quantitative estimate of drug-likeness (QED) is 0.885. The molecule has 2 heterocycles. The van der Waals surface area contributed by atoms with Gasteiger partial charge in [-0.2, -0.15) is 0 Å². The number of anilines is 1. The second kappa shape index (κ2) is 5.15. The van der Waals surface area contributed by atoms with Gasteiger partial charge in [-0.1, -0.05) is 12.8 Å². The Balaban J connectivity index is 1.87. The second-order valence-electron chi connectivity index (χ2n) is 5.49. The molecule has 2 fully saturated rings. The molecule has 0 amide bonds. The van der Waals surface area contributed by atoms with Gasteiger partial charge in [0.1, 0.15) is 0 Å². The Labute approximate surface area is 112 Å². The number of aromatic carboxylic acids is 1. The highest BCUT2D eigenvalue weighted by molar-refractivity contribution is 5.85. The molecule has 1 saturated carbocycles. The molecule has 0 aromatic carbocycles. The van der Waals surface area contributed by atoms with E-state index in [2.05, 4.69) is 14.9 Å². The van der Waals surface area contributed by atoms with Crippen molar-refractivity contribution in [2.75, 3.05) is 11.4 Å². The molecule has 19 heavy (non-hydrogen) atoms. The summed E-state index contributed by atoms with van der Waals surface area (Å²) in [7, 11) is 0. The first kappa shape index (κ1) is 12.4. The third-order valence-corrected chi connectivity index (χ3v) is 4.36. The molecular formula is C14H19N3O2. The number of fused-ring (bicyclic) bond motifs is 1. The van der Waals surface area contributed by atoms with E-state index in [1.165, 1.54) is 38.2 Å². The van der Waals surface area contributed by atoms with Crippen molar-refractivity contribution in [2.24, 2.45) is 5.92 Å². The topological polar surface area (TPSA) is 66.3 Å². The normalized spacial score (nSPS) is 26.8. The maximum atomic E-state index is 11.0. The molecule has 3 rings (SSSR count). The lowest BCUT2D eigenvalue weighted by molar-refractivity contribution is 0.0690. The van der Waals surface area contributed by atoms with E-state index in [0.717, 1.165) is 18.9 Å². The van der Waals surface area contributed by atoms with Crippen LogP contribution in [0.5, 0.6) is 0 Å². The summed E-state index contributed by atoms with van der Waals surface area (Å²) in [6.07, 6.45) is 9.06. The van der Waals surface area contributed by atoms with Gasteiger partial charge in [0.2, 0.25) is 5.95 Å². The average molecular weight is 261 g/mol. The standard InChI is InChI=1S/C14H19N3O2/c18-13(19)11-7-8-15-14(16-11)17-9-3-5-10-4-1-2-6-12(10)17/h7-8,10,12H,1-6,9H2,(H,18,19)/t10-,12-/m1/s1. The van der Waals surface area contributed by atoms with Gasteiger partial charge in [0, 0.05) is 18.8 Å². The van der Waals surface area contributed by atoms with E-state index in [4.69, 9.17) is 5.11 Å². The predicted octanol–water partition coefficient (Wildman–Crippen LogP) is 2.33. The Morgan fingerprint density at radius 1 is 1.26 bits per heavy atom. The van der Waals surface area contributed by atoms with Gasteiger partial charge in [-0.15, -0.1) is 0 Å². The van der Waals surface area contributed by atoms with Gasteiger partial charge in [-0.3, -0.25) is 0 Å². The number of carboxylic acid groups (broad SMARTS) is 1. The lowest BCUT2D eigenvalue weighted by Crippen LogP contribution is -2.47. The van der Waals surface area contributed by atoms with E-state index in [0.29, 0.717) is 12.0 Å². The van der Waals surface area contributed by atoms with Crippen LogP contribution in [-0.4, -0.2) is 33.6 Å². The number of rotatable bonds is 2.